The number of carbonyl (C=O) groups is 1. The van der Waals surface area contributed by atoms with E-state index in [-0.39, 0.29) is 5.92 Å². The number of hydrogen-bond acceptors (Lipinski definition) is 1. The molecule has 76 valence electrons. The zero-order chi connectivity index (χ0) is 10.8. The lowest BCUT2D eigenvalue weighted by Crippen LogP contribution is -1.95. The Morgan fingerprint density at radius 2 is 2.00 bits per heavy atom. The van der Waals surface area contributed by atoms with E-state index >= 15 is 0 Å². The maximum atomic E-state index is 10.8. The number of carbonyl (C=O) groups excluding carboxylic acids is 1. The molecule has 0 amide bonds. The third kappa shape index (κ3) is 1.78. The lowest BCUT2D eigenvalue weighted by Gasteiger charge is -2.09. The molecule has 1 atom stereocenters. The molecular weight excluding hydrogens is 184 g/mol. The summed E-state index contributed by atoms with van der Waals surface area (Å²) in [5.41, 5.74) is 2.35. The molecule has 2 rings (SSSR count). The lowest BCUT2D eigenvalue weighted by molar-refractivity contribution is -0.108. The smallest absolute Gasteiger partial charge is 0.127 e. The Morgan fingerprint density at radius 3 is 2.73 bits per heavy atom. The van der Waals surface area contributed by atoms with Gasteiger partial charge in [-0.2, -0.15) is 0 Å². The van der Waals surface area contributed by atoms with Gasteiger partial charge in [-0.1, -0.05) is 48.9 Å². The molecule has 0 aliphatic heterocycles. The molecule has 0 spiro atoms. The summed E-state index contributed by atoms with van der Waals surface area (Å²) in [6, 6.07) is 12.5. The van der Waals surface area contributed by atoms with Crippen molar-refractivity contribution in [1.29, 1.82) is 0 Å². The van der Waals surface area contributed by atoms with E-state index in [0.717, 1.165) is 11.8 Å². The third-order valence-electron chi connectivity index (χ3n) is 2.77. The second-order valence-electron chi connectivity index (χ2n) is 4.00. The molecule has 0 N–H and O–H groups in total. The van der Waals surface area contributed by atoms with E-state index in [4.69, 9.17) is 0 Å². The Kier molecular flexibility index (Phi) is 2.55. The fourth-order valence-corrected chi connectivity index (χ4v) is 1.88. The fraction of sp³-hybridized carbons (Fsp3) is 0.214. The van der Waals surface area contributed by atoms with Gasteiger partial charge in [0.1, 0.15) is 6.29 Å². The number of aryl methyl sites for hydroxylation is 1. The Labute approximate surface area is 89.7 Å². The van der Waals surface area contributed by atoms with Gasteiger partial charge in [0.05, 0.1) is 0 Å². The minimum atomic E-state index is -0.0319. The van der Waals surface area contributed by atoms with Crippen molar-refractivity contribution in [2.75, 3.05) is 0 Å². The first kappa shape index (κ1) is 9.91. The minimum Gasteiger partial charge on any atom is -0.303 e. The highest BCUT2D eigenvalue weighted by molar-refractivity contribution is 5.89. The average molecular weight is 198 g/mol. The maximum Gasteiger partial charge on any atom is 0.127 e. The van der Waals surface area contributed by atoms with Gasteiger partial charge < -0.3 is 4.79 Å². The Balaban J connectivity index is 2.73. The van der Waals surface area contributed by atoms with E-state index in [1.807, 2.05) is 19.1 Å². The molecule has 0 fully saturated rings. The van der Waals surface area contributed by atoms with Crippen LogP contribution in [0.1, 0.15) is 24.0 Å². The number of hydrogen-bond donors (Lipinski definition) is 0. The highest BCUT2D eigenvalue weighted by Crippen LogP contribution is 2.25. The van der Waals surface area contributed by atoms with Crippen LogP contribution < -0.4 is 0 Å². The monoisotopic (exact) mass is 198 g/mol. The predicted molar refractivity (Wildman–Crippen MR) is 63.2 cm³/mol. The first-order valence-electron chi connectivity index (χ1n) is 5.17. The van der Waals surface area contributed by atoms with Gasteiger partial charge in [0, 0.05) is 5.92 Å². The summed E-state index contributed by atoms with van der Waals surface area (Å²) < 4.78 is 0. The largest absolute Gasteiger partial charge is 0.303 e. The summed E-state index contributed by atoms with van der Waals surface area (Å²) in [4.78, 5) is 10.8. The Morgan fingerprint density at radius 1 is 1.20 bits per heavy atom. The summed E-state index contributed by atoms with van der Waals surface area (Å²) >= 11 is 0. The second kappa shape index (κ2) is 3.85. The molecule has 15 heavy (non-hydrogen) atoms. The highest BCUT2D eigenvalue weighted by Gasteiger charge is 2.07. The van der Waals surface area contributed by atoms with Gasteiger partial charge in [-0.15, -0.1) is 0 Å². The maximum absolute atomic E-state index is 10.8. The Bertz CT molecular complexity index is 500. The van der Waals surface area contributed by atoms with Gasteiger partial charge >= 0.3 is 0 Å². The summed E-state index contributed by atoms with van der Waals surface area (Å²) in [6.45, 7) is 4.01. The van der Waals surface area contributed by atoms with E-state index in [9.17, 15) is 4.79 Å². The van der Waals surface area contributed by atoms with Crippen LogP contribution in [-0.4, -0.2) is 6.29 Å². The number of rotatable bonds is 2. The molecule has 2 aromatic rings. The average Bonchev–Trinajstić information content (AvgIpc) is 2.27. The van der Waals surface area contributed by atoms with Gasteiger partial charge in [-0.25, -0.2) is 0 Å². The van der Waals surface area contributed by atoms with Gasteiger partial charge in [0.15, 0.2) is 0 Å². The van der Waals surface area contributed by atoms with Gasteiger partial charge in [-0.05, 0) is 23.3 Å². The van der Waals surface area contributed by atoms with Crippen LogP contribution >= 0.6 is 0 Å². The fourth-order valence-electron chi connectivity index (χ4n) is 1.88. The number of benzene rings is 2. The molecule has 0 radical (unpaired) electrons. The van der Waals surface area contributed by atoms with Crippen molar-refractivity contribution in [2.24, 2.45) is 0 Å². The highest BCUT2D eigenvalue weighted by atomic mass is 16.1. The van der Waals surface area contributed by atoms with E-state index in [1.54, 1.807) is 0 Å². The normalized spacial score (nSPS) is 12.7. The first-order valence-corrected chi connectivity index (χ1v) is 5.17. The molecule has 0 aliphatic rings. The zero-order valence-electron chi connectivity index (χ0n) is 9.03. The molecule has 1 heteroatoms. The van der Waals surface area contributed by atoms with Crippen LogP contribution in [0.4, 0.5) is 0 Å². The van der Waals surface area contributed by atoms with Gasteiger partial charge in [-0.3, -0.25) is 0 Å². The van der Waals surface area contributed by atoms with E-state index < -0.39 is 0 Å². The molecule has 0 heterocycles. The predicted octanol–water partition coefficient (Wildman–Crippen LogP) is 3.45. The Hall–Kier alpha value is -1.63. The van der Waals surface area contributed by atoms with Crippen LogP contribution in [0.15, 0.2) is 36.4 Å². The topological polar surface area (TPSA) is 17.1 Å². The van der Waals surface area contributed by atoms with E-state index in [2.05, 4.69) is 31.2 Å². The van der Waals surface area contributed by atoms with Crippen molar-refractivity contribution in [2.45, 2.75) is 19.8 Å². The summed E-state index contributed by atoms with van der Waals surface area (Å²) in [7, 11) is 0. The molecule has 0 aliphatic carbocycles. The molecule has 0 saturated heterocycles. The van der Waals surface area contributed by atoms with E-state index in [1.165, 1.54) is 16.3 Å². The molecule has 0 saturated carbocycles. The minimum absolute atomic E-state index is 0.0319. The van der Waals surface area contributed by atoms with Crippen LogP contribution in [0.25, 0.3) is 10.8 Å². The van der Waals surface area contributed by atoms with Crippen LogP contribution in [0.3, 0.4) is 0 Å². The summed E-state index contributed by atoms with van der Waals surface area (Å²) in [6.07, 6.45) is 0.997. The van der Waals surface area contributed by atoms with Crippen molar-refractivity contribution in [3.63, 3.8) is 0 Å². The summed E-state index contributed by atoms with van der Waals surface area (Å²) in [5, 5.41) is 2.39. The summed E-state index contributed by atoms with van der Waals surface area (Å²) in [5.74, 6) is -0.0319. The van der Waals surface area contributed by atoms with Crippen molar-refractivity contribution < 1.29 is 4.79 Å². The number of fused-ring (bicyclic) bond motifs is 1. The van der Waals surface area contributed by atoms with Crippen molar-refractivity contribution in [3.05, 3.63) is 47.5 Å². The zero-order valence-corrected chi connectivity index (χ0v) is 9.03. The van der Waals surface area contributed by atoms with Crippen molar-refractivity contribution >= 4 is 17.1 Å². The molecular formula is C14H14O. The quantitative estimate of drug-likeness (QED) is 0.675. The van der Waals surface area contributed by atoms with Crippen molar-refractivity contribution in [1.82, 2.24) is 0 Å². The SMILES string of the molecule is Cc1ccc2cccc(C(C)C=O)c2c1. The van der Waals surface area contributed by atoms with Gasteiger partial charge in [0.25, 0.3) is 0 Å². The van der Waals surface area contributed by atoms with Crippen molar-refractivity contribution in [3.8, 4) is 0 Å². The molecule has 1 unspecified atom stereocenters. The lowest BCUT2D eigenvalue weighted by atomic mass is 9.95. The third-order valence-corrected chi connectivity index (χ3v) is 2.77. The van der Waals surface area contributed by atoms with Crippen LogP contribution in [0.5, 0.6) is 0 Å². The second-order valence-corrected chi connectivity index (χ2v) is 4.00. The molecule has 2 aromatic carbocycles. The molecule has 0 aromatic heterocycles. The first-order chi connectivity index (χ1) is 7.22. The standard InChI is InChI=1S/C14H14O/c1-10-6-7-12-4-3-5-13(11(2)9-15)14(12)8-10/h3-9,11H,1-2H3. The van der Waals surface area contributed by atoms with Crippen LogP contribution in [0.2, 0.25) is 0 Å². The van der Waals surface area contributed by atoms with Crippen LogP contribution in [-0.2, 0) is 4.79 Å². The van der Waals surface area contributed by atoms with Gasteiger partial charge in [0.2, 0.25) is 0 Å². The van der Waals surface area contributed by atoms with E-state index in [0.29, 0.717) is 0 Å². The molecule has 0 bridgehead atoms. The van der Waals surface area contributed by atoms with Crippen LogP contribution in [0, 0.1) is 6.92 Å². The number of aldehydes is 1. The molecule has 1 nitrogen and oxygen atoms in total.